The zero-order chi connectivity index (χ0) is 14.1. The van der Waals surface area contributed by atoms with Gasteiger partial charge >= 0.3 is 0 Å². The van der Waals surface area contributed by atoms with Crippen molar-refractivity contribution in [3.8, 4) is 11.4 Å². The molecule has 0 atom stereocenters. The zero-order valence-corrected chi connectivity index (χ0v) is 13.1. The number of methoxy groups -OCH3 is 1. The van der Waals surface area contributed by atoms with Gasteiger partial charge in [-0.25, -0.2) is 4.98 Å². The number of halogens is 2. The van der Waals surface area contributed by atoms with E-state index >= 15 is 0 Å². The van der Waals surface area contributed by atoms with Crippen LogP contribution in [0.1, 0.15) is 5.82 Å². The molecule has 3 nitrogen and oxygen atoms in total. The second-order valence-corrected chi connectivity index (χ2v) is 5.51. The molecule has 0 saturated carbocycles. The Balaban J connectivity index is 2.24. The highest BCUT2D eigenvalue weighted by Crippen LogP contribution is 2.26. The van der Waals surface area contributed by atoms with Crippen LogP contribution in [0.4, 0.5) is 0 Å². The lowest BCUT2D eigenvalue weighted by atomic mass is 10.2. The molecule has 1 heterocycles. The third kappa shape index (κ3) is 2.30. The Bertz CT molecular complexity index is 752. The van der Waals surface area contributed by atoms with E-state index in [0.29, 0.717) is 5.88 Å². The molecule has 3 rings (SSSR count). The van der Waals surface area contributed by atoms with Crippen molar-refractivity contribution in [1.82, 2.24) is 9.55 Å². The highest BCUT2D eigenvalue weighted by Gasteiger charge is 2.12. The fourth-order valence-corrected chi connectivity index (χ4v) is 2.74. The average Bonchev–Trinajstić information content (AvgIpc) is 2.85. The normalized spacial score (nSPS) is 10.9. The lowest BCUT2D eigenvalue weighted by molar-refractivity contribution is 0.414. The molecule has 0 N–H and O–H groups in total. The first-order chi connectivity index (χ1) is 9.72. The molecule has 0 saturated heterocycles. The Morgan fingerprint density at radius 2 is 1.95 bits per heavy atom. The molecule has 0 fully saturated rings. The van der Waals surface area contributed by atoms with Crippen LogP contribution in [0, 0.1) is 0 Å². The van der Waals surface area contributed by atoms with Crippen LogP contribution in [0.25, 0.3) is 16.7 Å². The topological polar surface area (TPSA) is 27.1 Å². The number of benzene rings is 2. The summed E-state index contributed by atoms with van der Waals surface area (Å²) in [5.41, 5.74) is 2.97. The average molecular weight is 352 g/mol. The summed E-state index contributed by atoms with van der Waals surface area (Å²) in [4.78, 5) is 4.57. The maximum Gasteiger partial charge on any atom is 0.129 e. The maximum absolute atomic E-state index is 6.03. The summed E-state index contributed by atoms with van der Waals surface area (Å²) in [6.45, 7) is 0. The van der Waals surface area contributed by atoms with E-state index in [0.717, 1.165) is 32.8 Å². The molecule has 102 valence electrons. The Morgan fingerprint density at radius 3 is 2.60 bits per heavy atom. The van der Waals surface area contributed by atoms with Crippen molar-refractivity contribution in [2.45, 2.75) is 5.88 Å². The minimum absolute atomic E-state index is 0.359. The minimum Gasteiger partial charge on any atom is -0.497 e. The van der Waals surface area contributed by atoms with Crippen molar-refractivity contribution in [2.24, 2.45) is 0 Å². The van der Waals surface area contributed by atoms with Crippen LogP contribution in [0.5, 0.6) is 5.75 Å². The molecule has 0 spiro atoms. The molecule has 2 aromatic carbocycles. The fraction of sp³-hybridized carbons (Fsp3) is 0.133. The summed E-state index contributed by atoms with van der Waals surface area (Å²) in [6.07, 6.45) is 0. The summed E-state index contributed by atoms with van der Waals surface area (Å²) in [5.74, 6) is 2.01. The zero-order valence-electron chi connectivity index (χ0n) is 10.8. The Labute approximate surface area is 130 Å². The number of ether oxygens (including phenoxy) is 1. The number of alkyl halides is 1. The van der Waals surface area contributed by atoms with Crippen molar-refractivity contribution in [3.63, 3.8) is 0 Å². The maximum atomic E-state index is 6.03. The summed E-state index contributed by atoms with van der Waals surface area (Å²) in [5, 5.41) is 0. The van der Waals surface area contributed by atoms with Gasteiger partial charge in [-0.2, -0.15) is 0 Å². The molecular weight excluding hydrogens is 340 g/mol. The molecule has 0 aliphatic heterocycles. The molecule has 0 radical (unpaired) electrons. The highest BCUT2D eigenvalue weighted by molar-refractivity contribution is 9.10. The number of hydrogen-bond donors (Lipinski definition) is 0. The summed E-state index contributed by atoms with van der Waals surface area (Å²) < 4.78 is 8.27. The number of rotatable bonds is 3. The van der Waals surface area contributed by atoms with Gasteiger partial charge in [-0.05, 0) is 42.5 Å². The molecule has 3 aromatic rings. The van der Waals surface area contributed by atoms with Gasteiger partial charge in [0, 0.05) is 10.2 Å². The molecule has 5 heteroatoms. The Kier molecular flexibility index (Phi) is 3.68. The standard InChI is InChI=1S/C15H12BrClN2O/c1-20-12-5-3-11(4-6-12)19-14-8-10(16)2-7-13(14)18-15(19)9-17/h2-8H,9H2,1H3. The molecule has 1 aromatic heterocycles. The lowest BCUT2D eigenvalue weighted by Gasteiger charge is -2.09. The van der Waals surface area contributed by atoms with E-state index in [1.54, 1.807) is 7.11 Å². The van der Waals surface area contributed by atoms with Gasteiger partial charge in [0.2, 0.25) is 0 Å². The van der Waals surface area contributed by atoms with Gasteiger partial charge in [-0.1, -0.05) is 15.9 Å². The Hall–Kier alpha value is -1.52. The van der Waals surface area contributed by atoms with Crippen LogP contribution in [0.15, 0.2) is 46.9 Å². The predicted molar refractivity (Wildman–Crippen MR) is 84.9 cm³/mol. The highest BCUT2D eigenvalue weighted by atomic mass is 79.9. The monoisotopic (exact) mass is 350 g/mol. The van der Waals surface area contributed by atoms with Gasteiger partial charge < -0.3 is 4.74 Å². The smallest absolute Gasteiger partial charge is 0.129 e. The fourth-order valence-electron chi connectivity index (χ4n) is 2.21. The van der Waals surface area contributed by atoms with E-state index in [1.807, 2.05) is 42.5 Å². The third-order valence-electron chi connectivity index (χ3n) is 3.14. The minimum atomic E-state index is 0.359. The lowest BCUT2D eigenvalue weighted by Crippen LogP contribution is -1.99. The number of aromatic nitrogens is 2. The van der Waals surface area contributed by atoms with Gasteiger partial charge in [0.25, 0.3) is 0 Å². The third-order valence-corrected chi connectivity index (χ3v) is 3.87. The number of imidazole rings is 1. The van der Waals surface area contributed by atoms with Gasteiger partial charge in [-0.15, -0.1) is 11.6 Å². The number of hydrogen-bond acceptors (Lipinski definition) is 2. The Morgan fingerprint density at radius 1 is 1.20 bits per heavy atom. The molecule has 0 bridgehead atoms. The van der Waals surface area contributed by atoms with Crippen molar-refractivity contribution >= 4 is 38.6 Å². The number of fused-ring (bicyclic) bond motifs is 1. The second-order valence-electron chi connectivity index (χ2n) is 4.33. The summed E-state index contributed by atoms with van der Waals surface area (Å²) in [6, 6.07) is 13.9. The van der Waals surface area contributed by atoms with E-state index in [1.165, 1.54) is 0 Å². The van der Waals surface area contributed by atoms with Crippen LogP contribution < -0.4 is 4.74 Å². The number of nitrogens with zero attached hydrogens (tertiary/aromatic N) is 2. The van der Waals surface area contributed by atoms with Crippen molar-refractivity contribution in [1.29, 1.82) is 0 Å². The van der Waals surface area contributed by atoms with Crippen molar-refractivity contribution in [2.75, 3.05) is 7.11 Å². The SMILES string of the molecule is COc1ccc(-n2c(CCl)nc3ccc(Br)cc32)cc1. The van der Waals surface area contributed by atoms with Crippen LogP contribution in [0.2, 0.25) is 0 Å². The largest absolute Gasteiger partial charge is 0.497 e. The van der Waals surface area contributed by atoms with E-state index in [-0.39, 0.29) is 0 Å². The molecule has 0 aliphatic rings. The predicted octanol–water partition coefficient (Wildman–Crippen LogP) is 4.54. The van der Waals surface area contributed by atoms with E-state index in [9.17, 15) is 0 Å². The van der Waals surface area contributed by atoms with E-state index in [4.69, 9.17) is 16.3 Å². The van der Waals surface area contributed by atoms with Crippen molar-refractivity contribution in [3.05, 3.63) is 52.8 Å². The molecule has 0 amide bonds. The van der Waals surface area contributed by atoms with Gasteiger partial charge in [0.05, 0.1) is 24.0 Å². The molecule has 0 unspecified atom stereocenters. The van der Waals surface area contributed by atoms with Gasteiger partial charge in [0.15, 0.2) is 0 Å². The summed E-state index contributed by atoms with van der Waals surface area (Å²) >= 11 is 9.53. The first-order valence-corrected chi connectivity index (χ1v) is 7.43. The van der Waals surface area contributed by atoms with Crippen molar-refractivity contribution < 1.29 is 4.74 Å². The van der Waals surface area contributed by atoms with E-state index < -0.39 is 0 Å². The van der Waals surface area contributed by atoms with Gasteiger partial charge in [-0.3, -0.25) is 4.57 Å². The van der Waals surface area contributed by atoms with Gasteiger partial charge in [0.1, 0.15) is 11.6 Å². The quantitative estimate of drug-likeness (QED) is 0.648. The molecule has 20 heavy (non-hydrogen) atoms. The second kappa shape index (κ2) is 5.46. The van der Waals surface area contributed by atoms with E-state index in [2.05, 4.69) is 25.5 Å². The van der Waals surface area contributed by atoms with Crippen LogP contribution in [-0.4, -0.2) is 16.7 Å². The van der Waals surface area contributed by atoms with Crippen LogP contribution in [-0.2, 0) is 5.88 Å². The molecule has 0 aliphatic carbocycles. The van der Waals surface area contributed by atoms with Crippen LogP contribution in [0.3, 0.4) is 0 Å². The summed E-state index contributed by atoms with van der Waals surface area (Å²) in [7, 11) is 1.66. The first kappa shape index (κ1) is 13.5. The van der Waals surface area contributed by atoms with Crippen LogP contribution >= 0.6 is 27.5 Å². The molecular formula is C15H12BrClN2O. The first-order valence-electron chi connectivity index (χ1n) is 6.10.